The highest BCUT2D eigenvalue weighted by molar-refractivity contribution is 9.09. The number of hydrogen-bond acceptors (Lipinski definition) is 1. The van der Waals surface area contributed by atoms with Crippen molar-refractivity contribution in [1.29, 1.82) is 0 Å². The summed E-state index contributed by atoms with van der Waals surface area (Å²) in [6.45, 7) is 2.28. The highest BCUT2D eigenvalue weighted by atomic mass is 79.9. The minimum Gasteiger partial charge on any atom is -0.481 e. The first-order valence-electron chi connectivity index (χ1n) is 11.0. The van der Waals surface area contributed by atoms with Crippen LogP contribution in [-0.2, 0) is 4.79 Å². The van der Waals surface area contributed by atoms with E-state index in [9.17, 15) is 4.79 Å². The Morgan fingerprint density at radius 3 is 1.44 bits per heavy atom. The molecule has 0 saturated heterocycles. The Bertz CT molecular complexity index is 281. The van der Waals surface area contributed by atoms with Gasteiger partial charge in [-0.2, -0.15) is 0 Å². The van der Waals surface area contributed by atoms with Gasteiger partial charge < -0.3 is 5.11 Å². The van der Waals surface area contributed by atoms with Crippen molar-refractivity contribution >= 4 is 21.9 Å². The van der Waals surface area contributed by atoms with Gasteiger partial charge in [0.25, 0.3) is 0 Å². The molecule has 1 atom stereocenters. The number of carboxylic acid groups (broad SMARTS) is 1. The lowest BCUT2D eigenvalue weighted by Crippen LogP contribution is -1.98. The van der Waals surface area contributed by atoms with Crippen LogP contribution in [0.2, 0.25) is 0 Å². The van der Waals surface area contributed by atoms with Gasteiger partial charge in [0.2, 0.25) is 0 Å². The van der Waals surface area contributed by atoms with E-state index in [0.717, 1.165) is 17.7 Å². The zero-order chi connectivity index (χ0) is 18.6. The van der Waals surface area contributed by atoms with Gasteiger partial charge >= 0.3 is 5.97 Å². The van der Waals surface area contributed by atoms with E-state index in [2.05, 4.69) is 22.9 Å². The number of carbonyl (C=O) groups is 1. The number of alkyl halides is 1. The summed E-state index contributed by atoms with van der Waals surface area (Å²) in [6.07, 6.45) is 24.1. The van der Waals surface area contributed by atoms with Gasteiger partial charge in [-0.25, -0.2) is 0 Å². The molecule has 0 amide bonds. The van der Waals surface area contributed by atoms with Crippen molar-refractivity contribution in [3.05, 3.63) is 0 Å². The van der Waals surface area contributed by atoms with E-state index in [4.69, 9.17) is 5.11 Å². The molecule has 2 nitrogen and oxygen atoms in total. The Balaban J connectivity index is 3.15. The molecule has 3 heteroatoms. The highest BCUT2D eigenvalue weighted by Crippen LogP contribution is 2.20. The molecule has 0 aliphatic carbocycles. The molecular formula is C22H43BrO2. The maximum absolute atomic E-state index is 10.4. The minimum atomic E-state index is -0.656. The molecule has 0 bridgehead atoms. The van der Waals surface area contributed by atoms with Gasteiger partial charge in [0, 0.05) is 11.2 Å². The summed E-state index contributed by atoms with van der Waals surface area (Å²) in [7, 11) is 0. The maximum atomic E-state index is 10.4. The fourth-order valence-corrected chi connectivity index (χ4v) is 3.99. The van der Waals surface area contributed by atoms with Gasteiger partial charge in [0.15, 0.2) is 0 Å². The fraction of sp³-hybridized carbons (Fsp3) is 0.955. The summed E-state index contributed by atoms with van der Waals surface area (Å²) in [5.41, 5.74) is 0. The molecule has 0 aromatic heterocycles. The largest absolute Gasteiger partial charge is 0.481 e. The van der Waals surface area contributed by atoms with E-state index < -0.39 is 5.97 Å². The van der Waals surface area contributed by atoms with Gasteiger partial charge in [0.05, 0.1) is 0 Å². The predicted octanol–water partition coefficient (Wildman–Crippen LogP) is 8.27. The van der Waals surface area contributed by atoms with Gasteiger partial charge in [-0.3, -0.25) is 4.79 Å². The van der Waals surface area contributed by atoms with E-state index in [1.54, 1.807) is 0 Å². The van der Waals surface area contributed by atoms with Crippen molar-refractivity contribution in [2.24, 2.45) is 0 Å². The van der Waals surface area contributed by atoms with Crippen molar-refractivity contribution < 1.29 is 9.90 Å². The second-order valence-corrected chi connectivity index (χ2v) is 8.92. The van der Waals surface area contributed by atoms with Crippen LogP contribution in [0.25, 0.3) is 0 Å². The molecule has 0 aliphatic rings. The summed E-state index contributed by atoms with van der Waals surface area (Å²) in [4.78, 5) is 11.1. The van der Waals surface area contributed by atoms with Crippen LogP contribution in [0.4, 0.5) is 0 Å². The third kappa shape index (κ3) is 21.9. The zero-order valence-electron chi connectivity index (χ0n) is 16.7. The molecule has 0 saturated carbocycles. The van der Waals surface area contributed by atoms with E-state index >= 15 is 0 Å². The molecule has 0 aromatic rings. The van der Waals surface area contributed by atoms with E-state index in [1.165, 1.54) is 103 Å². The van der Waals surface area contributed by atoms with E-state index in [-0.39, 0.29) is 0 Å². The number of halogens is 1. The Morgan fingerprint density at radius 2 is 1.04 bits per heavy atom. The molecular weight excluding hydrogens is 376 g/mol. The van der Waals surface area contributed by atoms with Crippen molar-refractivity contribution in [2.75, 3.05) is 0 Å². The van der Waals surface area contributed by atoms with Crippen LogP contribution >= 0.6 is 15.9 Å². The fourth-order valence-electron chi connectivity index (χ4n) is 3.35. The first-order chi connectivity index (χ1) is 12.2. The van der Waals surface area contributed by atoms with Crippen LogP contribution in [-0.4, -0.2) is 15.9 Å². The molecule has 0 rings (SSSR count). The Hall–Kier alpha value is -0.0500. The third-order valence-electron chi connectivity index (χ3n) is 5.03. The number of hydrogen-bond donors (Lipinski definition) is 1. The lowest BCUT2D eigenvalue weighted by atomic mass is 10.0. The molecule has 150 valence electrons. The lowest BCUT2D eigenvalue weighted by Gasteiger charge is -2.09. The second-order valence-electron chi connectivity index (χ2n) is 7.62. The third-order valence-corrected chi connectivity index (χ3v) is 5.94. The minimum absolute atomic E-state index is 0.339. The quantitative estimate of drug-likeness (QED) is 0.159. The van der Waals surface area contributed by atoms with Gasteiger partial charge in [0.1, 0.15) is 0 Å². The summed E-state index contributed by atoms with van der Waals surface area (Å²) in [6, 6.07) is 0. The van der Waals surface area contributed by atoms with Crippen molar-refractivity contribution in [2.45, 2.75) is 134 Å². The standard InChI is InChI=1S/C22H43BrO2/c1-2-3-4-5-6-9-12-15-18-21(23)19-16-13-10-7-8-11-14-17-20-22(24)25/h21H,2-20H2,1H3,(H,24,25). The molecule has 0 spiro atoms. The molecule has 0 aliphatic heterocycles. The number of carboxylic acids is 1. The van der Waals surface area contributed by atoms with Crippen LogP contribution in [0, 0.1) is 0 Å². The molecule has 0 radical (unpaired) electrons. The smallest absolute Gasteiger partial charge is 0.303 e. The number of unbranched alkanes of at least 4 members (excludes halogenated alkanes) is 14. The summed E-state index contributed by atoms with van der Waals surface area (Å²) in [5, 5.41) is 8.57. The lowest BCUT2D eigenvalue weighted by molar-refractivity contribution is -0.137. The molecule has 1 N–H and O–H groups in total. The van der Waals surface area contributed by atoms with Crippen molar-refractivity contribution in [3.8, 4) is 0 Å². The molecule has 25 heavy (non-hydrogen) atoms. The maximum Gasteiger partial charge on any atom is 0.303 e. The van der Waals surface area contributed by atoms with Gasteiger partial charge in [-0.15, -0.1) is 0 Å². The van der Waals surface area contributed by atoms with Gasteiger partial charge in [-0.05, 0) is 19.3 Å². The Labute approximate surface area is 165 Å². The number of rotatable bonds is 20. The average Bonchev–Trinajstić information content (AvgIpc) is 2.58. The topological polar surface area (TPSA) is 37.3 Å². The SMILES string of the molecule is CCCCCCCCCCC(Br)CCCCCCCCCCC(=O)O. The zero-order valence-corrected chi connectivity index (χ0v) is 18.3. The Kier molecular flexibility index (Phi) is 20.2. The second kappa shape index (κ2) is 20.3. The van der Waals surface area contributed by atoms with Crippen LogP contribution in [0.5, 0.6) is 0 Å². The van der Waals surface area contributed by atoms with Crippen molar-refractivity contribution in [3.63, 3.8) is 0 Å². The van der Waals surface area contributed by atoms with Crippen LogP contribution in [0.3, 0.4) is 0 Å². The van der Waals surface area contributed by atoms with Gasteiger partial charge in [-0.1, -0.05) is 119 Å². The van der Waals surface area contributed by atoms with Crippen LogP contribution in [0.15, 0.2) is 0 Å². The first-order valence-corrected chi connectivity index (χ1v) is 11.9. The molecule has 0 fully saturated rings. The molecule has 0 heterocycles. The first kappa shape index (κ1) is 24.9. The summed E-state index contributed by atoms with van der Waals surface area (Å²) < 4.78 is 0. The molecule has 1 unspecified atom stereocenters. The molecule has 0 aromatic carbocycles. The summed E-state index contributed by atoms with van der Waals surface area (Å²) in [5.74, 6) is -0.656. The highest BCUT2D eigenvalue weighted by Gasteiger charge is 2.04. The van der Waals surface area contributed by atoms with Crippen LogP contribution in [0.1, 0.15) is 129 Å². The van der Waals surface area contributed by atoms with E-state index in [0.29, 0.717) is 6.42 Å². The van der Waals surface area contributed by atoms with Crippen molar-refractivity contribution in [1.82, 2.24) is 0 Å². The average molecular weight is 419 g/mol. The number of aliphatic carboxylic acids is 1. The van der Waals surface area contributed by atoms with Crippen LogP contribution < -0.4 is 0 Å². The van der Waals surface area contributed by atoms with E-state index in [1.807, 2.05) is 0 Å². The summed E-state index contributed by atoms with van der Waals surface area (Å²) >= 11 is 3.86. The Morgan fingerprint density at radius 1 is 0.680 bits per heavy atom. The normalized spacial score (nSPS) is 12.4. The monoisotopic (exact) mass is 418 g/mol. The predicted molar refractivity (Wildman–Crippen MR) is 114 cm³/mol.